The fourth-order valence-corrected chi connectivity index (χ4v) is 2.65. The van der Waals surface area contributed by atoms with Crippen LogP contribution in [-0.2, 0) is 0 Å². The minimum Gasteiger partial charge on any atom is -0.496 e. The number of aliphatic hydroxyl groups excluding tert-OH is 1. The first-order valence-electron chi connectivity index (χ1n) is 7.70. The first-order chi connectivity index (χ1) is 10.3. The summed E-state index contributed by atoms with van der Waals surface area (Å²) in [6.45, 7) is 4.42. The number of benzene rings is 1. The zero-order chi connectivity index (χ0) is 14.9. The Labute approximate surface area is 127 Å². The maximum atomic E-state index is 9.96. The van der Waals surface area contributed by atoms with Crippen molar-refractivity contribution in [2.45, 2.75) is 18.9 Å². The van der Waals surface area contributed by atoms with Crippen molar-refractivity contribution in [2.75, 3.05) is 39.8 Å². The summed E-state index contributed by atoms with van der Waals surface area (Å²) in [7, 11) is 1.68. The van der Waals surface area contributed by atoms with Crippen LogP contribution in [0.1, 0.15) is 18.4 Å². The number of para-hydroxylation sites is 1. The Morgan fingerprint density at radius 2 is 2.10 bits per heavy atom. The molecule has 1 heterocycles. The highest BCUT2D eigenvalue weighted by Crippen LogP contribution is 2.18. The highest BCUT2D eigenvalue weighted by atomic mass is 16.5. The molecule has 0 spiro atoms. The molecule has 1 aromatic carbocycles. The van der Waals surface area contributed by atoms with Crippen LogP contribution in [-0.4, -0.2) is 55.9 Å². The monoisotopic (exact) mass is 290 g/mol. The van der Waals surface area contributed by atoms with Crippen LogP contribution in [0.4, 0.5) is 0 Å². The standard InChI is InChI=1S/C17H26N2O2/c1-21-17-9-3-2-7-15(17)8-6-10-18-13-16(20)14-19-11-4-5-12-19/h2-3,6-9,16,18,20H,4-5,10-14H2,1H3. The number of β-amino-alcohol motifs (C(OH)–C–C–N with tert-alkyl or cyclic N) is 1. The molecule has 1 aromatic rings. The molecule has 1 atom stereocenters. The number of likely N-dealkylation sites (tertiary alicyclic amines) is 1. The van der Waals surface area contributed by atoms with Crippen molar-refractivity contribution in [3.8, 4) is 5.75 Å². The van der Waals surface area contributed by atoms with Gasteiger partial charge in [0.25, 0.3) is 0 Å². The van der Waals surface area contributed by atoms with E-state index in [1.165, 1.54) is 12.8 Å². The molecule has 0 radical (unpaired) electrons. The van der Waals surface area contributed by atoms with Gasteiger partial charge in [0.05, 0.1) is 13.2 Å². The van der Waals surface area contributed by atoms with E-state index in [4.69, 9.17) is 4.74 Å². The van der Waals surface area contributed by atoms with Gasteiger partial charge in [-0.3, -0.25) is 0 Å². The van der Waals surface area contributed by atoms with E-state index in [2.05, 4.69) is 16.3 Å². The predicted molar refractivity (Wildman–Crippen MR) is 86.6 cm³/mol. The average Bonchev–Trinajstić information content (AvgIpc) is 3.00. The van der Waals surface area contributed by atoms with Crippen LogP contribution in [0.2, 0.25) is 0 Å². The van der Waals surface area contributed by atoms with Gasteiger partial charge in [0.1, 0.15) is 5.75 Å². The summed E-state index contributed by atoms with van der Waals surface area (Å²) in [5.74, 6) is 0.878. The molecule has 116 valence electrons. The average molecular weight is 290 g/mol. The van der Waals surface area contributed by atoms with Crippen LogP contribution < -0.4 is 10.1 Å². The first-order valence-corrected chi connectivity index (χ1v) is 7.70. The summed E-state index contributed by atoms with van der Waals surface area (Å²) in [6, 6.07) is 7.93. The summed E-state index contributed by atoms with van der Waals surface area (Å²) < 4.78 is 5.30. The summed E-state index contributed by atoms with van der Waals surface area (Å²) in [6.07, 6.45) is 6.34. The molecule has 1 aliphatic heterocycles. The number of aliphatic hydroxyl groups is 1. The van der Waals surface area contributed by atoms with E-state index in [0.29, 0.717) is 6.54 Å². The molecule has 1 fully saturated rings. The van der Waals surface area contributed by atoms with Crippen LogP contribution in [0.15, 0.2) is 30.3 Å². The Kier molecular flexibility index (Phi) is 6.73. The zero-order valence-electron chi connectivity index (χ0n) is 12.8. The molecule has 1 aliphatic rings. The molecule has 0 saturated carbocycles. The molecule has 1 saturated heterocycles. The second-order valence-electron chi connectivity index (χ2n) is 5.46. The summed E-state index contributed by atoms with van der Waals surface area (Å²) in [5, 5.41) is 13.2. The van der Waals surface area contributed by atoms with Crippen molar-refractivity contribution < 1.29 is 9.84 Å². The first kappa shape index (κ1) is 16.0. The van der Waals surface area contributed by atoms with Gasteiger partial charge in [0.15, 0.2) is 0 Å². The van der Waals surface area contributed by atoms with Crippen molar-refractivity contribution in [1.29, 1.82) is 0 Å². The third kappa shape index (κ3) is 5.50. The van der Waals surface area contributed by atoms with Gasteiger partial charge < -0.3 is 20.1 Å². The zero-order valence-corrected chi connectivity index (χ0v) is 12.8. The van der Waals surface area contributed by atoms with Gasteiger partial charge in [-0.05, 0) is 32.0 Å². The fourth-order valence-electron chi connectivity index (χ4n) is 2.65. The lowest BCUT2D eigenvalue weighted by molar-refractivity contribution is 0.124. The van der Waals surface area contributed by atoms with Gasteiger partial charge in [-0.25, -0.2) is 0 Å². The summed E-state index contributed by atoms with van der Waals surface area (Å²) in [4.78, 5) is 2.33. The quantitative estimate of drug-likeness (QED) is 0.716. The highest BCUT2D eigenvalue weighted by molar-refractivity contribution is 5.57. The maximum absolute atomic E-state index is 9.96. The molecule has 0 amide bonds. The molecule has 4 nitrogen and oxygen atoms in total. The number of hydrogen-bond acceptors (Lipinski definition) is 4. The summed E-state index contributed by atoms with van der Waals surface area (Å²) >= 11 is 0. The normalized spacial score (nSPS) is 17.4. The molecule has 0 aliphatic carbocycles. The van der Waals surface area contributed by atoms with Crippen LogP contribution >= 0.6 is 0 Å². The summed E-state index contributed by atoms with van der Waals surface area (Å²) in [5.41, 5.74) is 1.07. The van der Waals surface area contributed by atoms with Crippen molar-refractivity contribution in [1.82, 2.24) is 10.2 Å². The van der Waals surface area contributed by atoms with Crippen molar-refractivity contribution in [2.24, 2.45) is 0 Å². The Balaban J connectivity index is 1.65. The van der Waals surface area contributed by atoms with Gasteiger partial charge >= 0.3 is 0 Å². The molecular weight excluding hydrogens is 264 g/mol. The largest absolute Gasteiger partial charge is 0.496 e. The van der Waals surface area contributed by atoms with E-state index in [1.807, 2.05) is 30.3 Å². The minimum absolute atomic E-state index is 0.289. The fraction of sp³-hybridized carbons (Fsp3) is 0.529. The molecule has 2 rings (SSSR count). The molecule has 21 heavy (non-hydrogen) atoms. The molecule has 2 N–H and O–H groups in total. The number of hydrogen-bond donors (Lipinski definition) is 2. The van der Waals surface area contributed by atoms with Gasteiger partial charge in [-0.15, -0.1) is 0 Å². The molecule has 0 aromatic heterocycles. The number of methoxy groups -OCH3 is 1. The Morgan fingerprint density at radius 1 is 1.33 bits per heavy atom. The van der Waals surface area contributed by atoms with Crippen LogP contribution in [0, 0.1) is 0 Å². The second kappa shape index (κ2) is 8.82. The molecule has 4 heteroatoms. The van der Waals surface area contributed by atoms with E-state index in [9.17, 15) is 5.11 Å². The van der Waals surface area contributed by atoms with Crippen LogP contribution in [0.3, 0.4) is 0 Å². The van der Waals surface area contributed by atoms with E-state index in [-0.39, 0.29) is 6.10 Å². The maximum Gasteiger partial charge on any atom is 0.126 e. The smallest absolute Gasteiger partial charge is 0.126 e. The number of nitrogens with one attached hydrogen (secondary N) is 1. The predicted octanol–water partition coefficient (Wildman–Crippen LogP) is 1.75. The van der Waals surface area contributed by atoms with Gasteiger partial charge in [-0.2, -0.15) is 0 Å². The van der Waals surface area contributed by atoms with E-state index in [1.54, 1.807) is 7.11 Å². The number of nitrogens with zero attached hydrogens (tertiary/aromatic N) is 1. The highest BCUT2D eigenvalue weighted by Gasteiger charge is 2.14. The Morgan fingerprint density at radius 3 is 2.86 bits per heavy atom. The van der Waals surface area contributed by atoms with Gasteiger partial charge in [0.2, 0.25) is 0 Å². The lowest BCUT2D eigenvalue weighted by Gasteiger charge is -2.19. The number of ether oxygens (including phenoxy) is 1. The van der Waals surface area contributed by atoms with E-state index < -0.39 is 0 Å². The SMILES string of the molecule is COc1ccccc1C=CCNCC(O)CN1CCCC1. The van der Waals surface area contributed by atoms with Crippen molar-refractivity contribution in [3.05, 3.63) is 35.9 Å². The van der Waals surface area contributed by atoms with Gasteiger partial charge in [-0.1, -0.05) is 30.4 Å². The molecule has 0 bridgehead atoms. The van der Waals surface area contributed by atoms with E-state index >= 15 is 0 Å². The Bertz CT molecular complexity index is 442. The van der Waals surface area contributed by atoms with Crippen molar-refractivity contribution in [3.63, 3.8) is 0 Å². The lowest BCUT2D eigenvalue weighted by atomic mass is 10.2. The lowest BCUT2D eigenvalue weighted by Crippen LogP contribution is -2.37. The number of rotatable bonds is 8. The minimum atomic E-state index is -0.289. The molecular formula is C17H26N2O2. The van der Waals surface area contributed by atoms with Gasteiger partial charge in [0, 0.05) is 25.2 Å². The van der Waals surface area contributed by atoms with E-state index in [0.717, 1.165) is 37.5 Å². The Hall–Kier alpha value is -1.36. The topological polar surface area (TPSA) is 44.7 Å². The van der Waals surface area contributed by atoms with Crippen LogP contribution in [0.5, 0.6) is 5.75 Å². The second-order valence-corrected chi connectivity index (χ2v) is 5.46. The third-order valence-electron chi connectivity index (χ3n) is 3.75. The molecule has 1 unspecified atom stereocenters. The van der Waals surface area contributed by atoms with Crippen LogP contribution in [0.25, 0.3) is 6.08 Å². The van der Waals surface area contributed by atoms with Crippen molar-refractivity contribution >= 4 is 6.08 Å². The third-order valence-corrected chi connectivity index (χ3v) is 3.75.